The third-order valence-electron chi connectivity index (χ3n) is 4.91. The van der Waals surface area contributed by atoms with Gasteiger partial charge in [-0.1, -0.05) is 24.3 Å². The number of anilines is 1. The Bertz CT molecular complexity index is 1040. The summed E-state index contributed by atoms with van der Waals surface area (Å²) >= 11 is 0. The Morgan fingerprint density at radius 1 is 1.28 bits per heavy atom. The smallest absolute Gasteiger partial charge is 0.303 e. The molecular weight excluding hydrogens is 370 g/mol. The summed E-state index contributed by atoms with van der Waals surface area (Å²) in [5.74, 6) is 0.0179. The van der Waals surface area contributed by atoms with Gasteiger partial charge in [0.15, 0.2) is 5.43 Å². The van der Waals surface area contributed by atoms with Gasteiger partial charge in [-0.05, 0) is 32.3 Å². The third-order valence-corrected chi connectivity index (χ3v) is 4.91. The van der Waals surface area contributed by atoms with Crippen LogP contribution in [0.4, 0.5) is 5.82 Å². The van der Waals surface area contributed by atoms with E-state index in [1.165, 1.54) is 0 Å². The van der Waals surface area contributed by atoms with E-state index >= 15 is 0 Å². The van der Waals surface area contributed by atoms with Crippen molar-refractivity contribution in [2.45, 2.75) is 46.1 Å². The number of pyridine rings is 1. The Hall–Kier alpha value is -3.16. The van der Waals surface area contributed by atoms with Gasteiger partial charge in [-0.2, -0.15) is 0 Å². The minimum Gasteiger partial charge on any atom is -0.481 e. The van der Waals surface area contributed by atoms with Gasteiger partial charge in [0.25, 0.3) is 0 Å². The predicted molar refractivity (Wildman–Crippen MR) is 113 cm³/mol. The summed E-state index contributed by atoms with van der Waals surface area (Å²) < 4.78 is 1.72. The van der Waals surface area contributed by atoms with E-state index in [2.05, 4.69) is 34.0 Å². The molecule has 0 spiro atoms. The second kappa shape index (κ2) is 9.36. The van der Waals surface area contributed by atoms with E-state index < -0.39 is 5.97 Å². The number of hydrogen-bond donors (Lipinski definition) is 2. The maximum Gasteiger partial charge on any atom is 0.303 e. The molecule has 29 heavy (non-hydrogen) atoms. The molecule has 0 fully saturated rings. The van der Waals surface area contributed by atoms with Gasteiger partial charge in [0.05, 0.1) is 11.7 Å². The van der Waals surface area contributed by atoms with E-state index in [4.69, 9.17) is 5.11 Å². The van der Waals surface area contributed by atoms with Crippen molar-refractivity contribution in [3.63, 3.8) is 0 Å². The van der Waals surface area contributed by atoms with Crippen LogP contribution in [0.2, 0.25) is 0 Å². The van der Waals surface area contributed by atoms with Crippen LogP contribution < -0.4 is 10.3 Å². The van der Waals surface area contributed by atoms with Crippen molar-refractivity contribution < 1.29 is 9.90 Å². The maximum atomic E-state index is 12.7. The first-order valence-corrected chi connectivity index (χ1v) is 10.1. The first-order chi connectivity index (χ1) is 14.0. The topological polar surface area (TPSA) is 104 Å². The molecule has 1 aromatic carbocycles. The highest BCUT2D eigenvalue weighted by Gasteiger charge is 2.13. The summed E-state index contributed by atoms with van der Waals surface area (Å²) in [7, 11) is 0. The molecule has 0 aliphatic rings. The minimum absolute atomic E-state index is 0.0220. The van der Waals surface area contributed by atoms with Crippen molar-refractivity contribution in [1.82, 2.24) is 20.0 Å². The van der Waals surface area contributed by atoms with Crippen LogP contribution in [0, 0.1) is 0 Å². The van der Waals surface area contributed by atoms with E-state index in [9.17, 15) is 9.59 Å². The fraction of sp³-hybridized carbons (Fsp3) is 0.429. The Labute approximate surface area is 169 Å². The first kappa shape index (κ1) is 20.6. The maximum absolute atomic E-state index is 12.7. The average molecular weight is 397 g/mol. The fourth-order valence-corrected chi connectivity index (χ4v) is 3.44. The van der Waals surface area contributed by atoms with Crippen molar-refractivity contribution >= 4 is 22.7 Å². The number of hydrogen-bond acceptors (Lipinski definition) is 5. The molecule has 0 amide bonds. The number of para-hydroxylation sites is 1. The van der Waals surface area contributed by atoms with Gasteiger partial charge in [0, 0.05) is 43.1 Å². The van der Waals surface area contributed by atoms with Crippen LogP contribution in [0.1, 0.15) is 39.5 Å². The molecule has 0 saturated heterocycles. The molecule has 0 bridgehead atoms. The fourth-order valence-electron chi connectivity index (χ4n) is 3.44. The second-order valence-corrected chi connectivity index (χ2v) is 7.04. The lowest BCUT2D eigenvalue weighted by Gasteiger charge is -2.22. The number of carboxylic acids is 1. The quantitative estimate of drug-likeness (QED) is 0.509. The lowest BCUT2D eigenvalue weighted by Crippen LogP contribution is -2.25. The number of unbranched alkanes of at least 4 members (excludes halogenated alkanes) is 1. The number of aliphatic carboxylic acids is 1. The van der Waals surface area contributed by atoms with Crippen molar-refractivity contribution in [3.05, 3.63) is 40.7 Å². The van der Waals surface area contributed by atoms with Crippen LogP contribution in [-0.4, -0.2) is 44.1 Å². The number of nitrogens with one attached hydrogen (secondary N) is 1. The molecule has 154 valence electrons. The van der Waals surface area contributed by atoms with Gasteiger partial charge in [-0.15, -0.1) is 5.10 Å². The van der Waals surface area contributed by atoms with Crippen LogP contribution in [-0.2, 0) is 11.3 Å². The predicted octanol–water partition coefficient (Wildman–Crippen LogP) is 3.28. The van der Waals surface area contributed by atoms with Crippen molar-refractivity contribution in [1.29, 1.82) is 0 Å². The van der Waals surface area contributed by atoms with Crippen LogP contribution in [0.15, 0.2) is 35.3 Å². The summed E-state index contributed by atoms with van der Waals surface area (Å²) in [6.45, 7) is 6.46. The van der Waals surface area contributed by atoms with E-state index in [0.717, 1.165) is 36.4 Å². The molecule has 0 unspecified atom stereocenters. The standard InChI is InChI=1S/C21H27N5O3/c1-3-11-25(4-2)19-13-18(27)16-9-7-8-15(21(16)22-19)17-14-26(24-23-17)12-6-5-10-20(28)29/h7-9,13-14H,3-6,10-12H2,1-2H3,(H,22,27)(H,28,29). The van der Waals surface area contributed by atoms with Gasteiger partial charge < -0.3 is 15.0 Å². The zero-order valence-electron chi connectivity index (χ0n) is 16.9. The van der Waals surface area contributed by atoms with Crippen molar-refractivity contribution in [3.8, 4) is 11.3 Å². The minimum atomic E-state index is -0.788. The number of carbonyl (C=O) groups is 1. The molecule has 8 heteroatoms. The molecule has 0 atom stereocenters. The van der Waals surface area contributed by atoms with Gasteiger partial charge in [-0.25, -0.2) is 0 Å². The van der Waals surface area contributed by atoms with Crippen molar-refractivity contribution in [2.24, 2.45) is 0 Å². The van der Waals surface area contributed by atoms with Crippen LogP contribution in [0.5, 0.6) is 0 Å². The first-order valence-electron chi connectivity index (χ1n) is 10.1. The molecule has 0 saturated carbocycles. The number of aromatic nitrogens is 4. The highest BCUT2D eigenvalue weighted by Crippen LogP contribution is 2.26. The zero-order valence-corrected chi connectivity index (χ0v) is 16.9. The number of aryl methyl sites for hydroxylation is 1. The summed E-state index contributed by atoms with van der Waals surface area (Å²) in [6.07, 6.45) is 4.30. The molecule has 0 aliphatic heterocycles. The Balaban J connectivity index is 1.92. The van der Waals surface area contributed by atoms with E-state index in [-0.39, 0.29) is 11.8 Å². The number of nitrogens with zero attached hydrogens (tertiary/aromatic N) is 4. The van der Waals surface area contributed by atoms with Gasteiger partial charge in [0.2, 0.25) is 0 Å². The molecule has 2 heterocycles. The third kappa shape index (κ3) is 4.82. The molecule has 0 aliphatic carbocycles. The second-order valence-electron chi connectivity index (χ2n) is 7.04. The summed E-state index contributed by atoms with van der Waals surface area (Å²) in [5.41, 5.74) is 2.24. The van der Waals surface area contributed by atoms with Crippen molar-refractivity contribution in [2.75, 3.05) is 18.0 Å². The number of carboxylic acid groups (broad SMARTS) is 1. The summed E-state index contributed by atoms with van der Waals surface area (Å²) in [6, 6.07) is 7.25. The van der Waals surface area contributed by atoms with Crippen LogP contribution in [0.3, 0.4) is 0 Å². The number of aromatic amines is 1. The van der Waals surface area contributed by atoms with E-state index in [1.807, 2.05) is 24.4 Å². The molecule has 0 radical (unpaired) electrons. The number of fused-ring (bicyclic) bond motifs is 1. The van der Waals surface area contributed by atoms with Gasteiger partial charge in [-0.3, -0.25) is 14.3 Å². The lowest BCUT2D eigenvalue weighted by molar-refractivity contribution is -0.137. The van der Waals surface area contributed by atoms with Crippen LogP contribution >= 0.6 is 0 Å². The SMILES string of the molecule is CCCN(CC)c1cc(=O)c2cccc(-c3cn(CCCCC(=O)O)nn3)c2[nH]1. The van der Waals surface area contributed by atoms with Gasteiger partial charge in [0.1, 0.15) is 11.5 Å². The molecule has 3 rings (SSSR count). The van der Waals surface area contributed by atoms with E-state index in [0.29, 0.717) is 30.5 Å². The monoisotopic (exact) mass is 397 g/mol. The zero-order chi connectivity index (χ0) is 20.8. The van der Waals surface area contributed by atoms with Crippen LogP contribution in [0.25, 0.3) is 22.2 Å². The Morgan fingerprint density at radius 2 is 2.10 bits per heavy atom. The highest BCUT2D eigenvalue weighted by molar-refractivity contribution is 5.93. The molecule has 8 nitrogen and oxygen atoms in total. The number of rotatable bonds is 10. The Morgan fingerprint density at radius 3 is 2.83 bits per heavy atom. The largest absolute Gasteiger partial charge is 0.481 e. The summed E-state index contributed by atoms with van der Waals surface area (Å²) in [4.78, 5) is 28.9. The molecular formula is C21H27N5O3. The summed E-state index contributed by atoms with van der Waals surface area (Å²) in [5, 5.41) is 17.8. The normalized spacial score (nSPS) is 11.1. The van der Waals surface area contributed by atoms with E-state index in [1.54, 1.807) is 10.7 Å². The average Bonchev–Trinajstić information content (AvgIpc) is 3.17. The number of H-pyrrole nitrogens is 1. The molecule has 3 aromatic rings. The number of benzene rings is 1. The lowest BCUT2D eigenvalue weighted by atomic mass is 10.1. The Kier molecular flexibility index (Phi) is 6.64. The molecule has 2 N–H and O–H groups in total. The van der Waals surface area contributed by atoms with Gasteiger partial charge >= 0.3 is 5.97 Å². The molecule has 2 aromatic heterocycles. The highest BCUT2D eigenvalue weighted by atomic mass is 16.4.